The second-order valence-corrected chi connectivity index (χ2v) is 5.36. The van der Waals surface area contributed by atoms with Crippen LogP contribution in [0.3, 0.4) is 0 Å². The van der Waals surface area contributed by atoms with Gasteiger partial charge in [0.1, 0.15) is 0 Å². The minimum absolute atomic E-state index is 0.152. The first-order valence-electron chi connectivity index (χ1n) is 5.57. The molecule has 0 saturated heterocycles. The van der Waals surface area contributed by atoms with E-state index in [-0.39, 0.29) is 5.41 Å². The second kappa shape index (κ2) is 6.14. The molecular formula is C13H17Cl3. The van der Waals surface area contributed by atoms with Crippen LogP contribution in [-0.4, -0.2) is 5.88 Å². The molecular weight excluding hydrogens is 263 g/mol. The zero-order valence-electron chi connectivity index (χ0n) is 9.69. The summed E-state index contributed by atoms with van der Waals surface area (Å²) in [6.07, 6.45) is 3.04. The monoisotopic (exact) mass is 278 g/mol. The van der Waals surface area contributed by atoms with Crippen LogP contribution in [0, 0.1) is 5.41 Å². The van der Waals surface area contributed by atoms with Gasteiger partial charge in [-0.25, -0.2) is 0 Å². The lowest BCUT2D eigenvalue weighted by atomic mass is 9.79. The third-order valence-electron chi connectivity index (χ3n) is 3.36. The lowest BCUT2D eigenvalue weighted by molar-refractivity contribution is 0.302. The van der Waals surface area contributed by atoms with E-state index in [1.54, 1.807) is 6.07 Å². The molecule has 90 valence electrons. The number of hydrogen-bond donors (Lipinski definition) is 0. The molecule has 0 aliphatic carbocycles. The third kappa shape index (κ3) is 3.29. The standard InChI is InChI=1S/C13H17Cl3/c1-3-13(4-2,9-14)8-10-5-6-11(15)7-12(10)16/h5-7H,3-4,8-9H2,1-2H3. The van der Waals surface area contributed by atoms with Crippen molar-refractivity contribution < 1.29 is 0 Å². The topological polar surface area (TPSA) is 0 Å². The van der Waals surface area contributed by atoms with Gasteiger partial charge in [-0.3, -0.25) is 0 Å². The Bertz CT molecular complexity index is 335. The van der Waals surface area contributed by atoms with Crippen molar-refractivity contribution in [3.8, 4) is 0 Å². The van der Waals surface area contributed by atoms with Gasteiger partial charge in [-0.1, -0.05) is 43.1 Å². The molecule has 0 N–H and O–H groups in total. The summed E-state index contributed by atoms with van der Waals surface area (Å²) in [4.78, 5) is 0. The van der Waals surface area contributed by atoms with Gasteiger partial charge in [0.05, 0.1) is 0 Å². The second-order valence-electron chi connectivity index (χ2n) is 4.25. The molecule has 0 amide bonds. The molecule has 1 aromatic rings. The van der Waals surface area contributed by atoms with E-state index >= 15 is 0 Å². The van der Waals surface area contributed by atoms with E-state index < -0.39 is 0 Å². The Kier molecular flexibility index (Phi) is 5.43. The summed E-state index contributed by atoms with van der Waals surface area (Å²) in [5, 5.41) is 1.42. The average molecular weight is 280 g/mol. The molecule has 0 aromatic heterocycles. The highest BCUT2D eigenvalue weighted by Gasteiger charge is 2.26. The van der Waals surface area contributed by atoms with Crippen molar-refractivity contribution in [2.45, 2.75) is 33.1 Å². The van der Waals surface area contributed by atoms with Crippen LogP contribution in [0.5, 0.6) is 0 Å². The van der Waals surface area contributed by atoms with E-state index in [0.717, 1.165) is 29.8 Å². The number of hydrogen-bond acceptors (Lipinski definition) is 0. The Morgan fingerprint density at radius 1 is 1.12 bits per heavy atom. The number of halogens is 3. The summed E-state index contributed by atoms with van der Waals surface area (Å²) in [7, 11) is 0. The highest BCUT2D eigenvalue weighted by Crippen LogP contribution is 2.35. The molecule has 0 spiro atoms. The molecule has 0 radical (unpaired) electrons. The molecule has 0 bridgehead atoms. The summed E-state index contributed by atoms with van der Waals surface area (Å²) in [5.41, 5.74) is 1.29. The largest absolute Gasteiger partial charge is 0.126 e. The molecule has 1 aromatic carbocycles. The third-order valence-corrected chi connectivity index (χ3v) is 4.52. The lowest BCUT2D eigenvalue weighted by Crippen LogP contribution is -2.24. The Balaban J connectivity index is 2.93. The first-order chi connectivity index (χ1) is 7.56. The Labute approximate surface area is 113 Å². The van der Waals surface area contributed by atoms with Crippen LogP contribution in [0.4, 0.5) is 0 Å². The van der Waals surface area contributed by atoms with E-state index in [1.165, 1.54) is 0 Å². The van der Waals surface area contributed by atoms with Crippen molar-refractivity contribution in [3.05, 3.63) is 33.8 Å². The summed E-state index contributed by atoms with van der Waals surface area (Å²) in [6, 6.07) is 5.67. The van der Waals surface area contributed by atoms with Crippen LogP contribution < -0.4 is 0 Å². The zero-order valence-corrected chi connectivity index (χ0v) is 12.0. The predicted octanol–water partition coefficient (Wildman–Crippen LogP) is 5.58. The number of benzene rings is 1. The summed E-state index contributed by atoms with van der Waals surface area (Å²) in [6.45, 7) is 4.35. The summed E-state index contributed by atoms with van der Waals surface area (Å²) in [5.74, 6) is 0.666. The van der Waals surface area contributed by atoms with Gasteiger partial charge in [0.25, 0.3) is 0 Å². The van der Waals surface area contributed by atoms with E-state index in [1.807, 2.05) is 12.1 Å². The van der Waals surface area contributed by atoms with E-state index in [4.69, 9.17) is 34.8 Å². The smallest absolute Gasteiger partial charge is 0.0453 e. The van der Waals surface area contributed by atoms with Gasteiger partial charge >= 0.3 is 0 Å². The summed E-state index contributed by atoms with van der Waals surface area (Å²) < 4.78 is 0. The molecule has 0 saturated carbocycles. The highest BCUT2D eigenvalue weighted by molar-refractivity contribution is 6.35. The van der Waals surface area contributed by atoms with Gasteiger partial charge in [0.2, 0.25) is 0 Å². The number of alkyl halides is 1. The first kappa shape index (κ1) is 14.2. The van der Waals surface area contributed by atoms with Crippen molar-refractivity contribution in [2.75, 3.05) is 5.88 Å². The fraction of sp³-hybridized carbons (Fsp3) is 0.538. The van der Waals surface area contributed by atoms with Crippen LogP contribution in [0.1, 0.15) is 32.3 Å². The Hall–Kier alpha value is 0.0900. The normalized spacial score (nSPS) is 11.8. The summed E-state index contributed by atoms with van der Waals surface area (Å²) >= 11 is 18.1. The Morgan fingerprint density at radius 2 is 1.75 bits per heavy atom. The van der Waals surface area contributed by atoms with Crippen molar-refractivity contribution in [1.82, 2.24) is 0 Å². The average Bonchev–Trinajstić information content (AvgIpc) is 2.29. The van der Waals surface area contributed by atoms with Gasteiger partial charge in [0.15, 0.2) is 0 Å². The molecule has 16 heavy (non-hydrogen) atoms. The van der Waals surface area contributed by atoms with E-state index in [9.17, 15) is 0 Å². The van der Waals surface area contributed by atoms with Crippen molar-refractivity contribution in [3.63, 3.8) is 0 Å². The molecule has 0 unspecified atom stereocenters. The van der Waals surface area contributed by atoms with Crippen LogP contribution in [0.25, 0.3) is 0 Å². The van der Waals surface area contributed by atoms with E-state index in [0.29, 0.717) is 10.9 Å². The first-order valence-corrected chi connectivity index (χ1v) is 6.86. The SMILES string of the molecule is CCC(CC)(CCl)Cc1ccc(Cl)cc1Cl. The van der Waals surface area contributed by atoms with Crippen LogP contribution in [0.15, 0.2) is 18.2 Å². The van der Waals surface area contributed by atoms with Crippen molar-refractivity contribution in [2.24, 2.45) is 5.41 Å². The maximum absolute atomic E-state index is 6.18. The molecule has 3 heteroatoms. The van der Waals surface area contributed by atoms with Gasteiger partial charge in [0, 0.05) is 15.9 Å². The minimum Gasteiger partial charge on any atom is -0.126 e. The maximum Gasteiger partial charge on any atom is 0.0453 e. The van der Waals surface area contributed by atoms with Crippen LogP contribution in [-0.2, 0) is 6.42 Å². The predicted molar refractivity (Wildman–Crippen MR) is 73.9 cm³/mol. The zero-order chi connectivity index (χ0) is 12.2. The molecule has 0 atom stereocenters. The number of rotatable bonds is 5. The van der Waals surface area contributed by atoms with Crippen molar-refractivity contribution in [1.29, 1.82) is 0 Å². The quantitative estimate of drug-likeness (QED) is 0.617. The molecule has 0 aliphatic rings. The maximum atomic E-state index is 6.18. The van der Waals surface area contributed by atoms with Gasteiger partial charge in [-0.2, -0.15) is 0 Å². The molecule has 0 aliphatic heterocycles. The molecule has 0 nitrogen and oxygen atoms in total. The van der Waals surface area contributed by atoms with Crippen molar-refractivity contribution >= 4 is 34.8 Å². The fourth-order valence-electron chi connectivity index (χ4n) is 1.81. The minimum atomic E-state index is 0.152. The molecule has 1 rings (SSSR count). The van der Waals surface area contributed by atoms with Gasteiger partial charge in [-0.05, 0) is 42.4 Å². The Morgan fingerprint density at radius 3 is 2.19 bits per heavy atom. The van der Waals surface area contributed by atoms with Crippen LogP contribution in [0.2, 0.25) is 10.0 Å². The van der Waals surface area contributed by atoms with Crippen LogP contribution >= 0.6 is 34.8 Å². The highest BCUT2D eigenvalue weighted by atomic mass is 35.5. The fourth-order valence-corrected chi connectivity index (χ4v) is 2.75. The van der Waals surface area contributed by atoms with Gasteiger partial charge < -0.3 is 0 Å². The molecule has 0 heterocycles. The lowest BCUT2D eigenvalue weighted by Gasteiger charge is -2.29. The molecule has 0 fully saturated rings. The van der Waals surface area contributed by atoms with Gasteiger partial charge in [-0.15, -0.1) is 11.6 Å². The van der Waals surface area contributed by atoms with E-state index in [2.05, 4.69) is 13.8 Å².